The molecule has 0 saturated carbocycles. The van der Waals surface area contributed by atoms with E-state index in [2.05, 4.69) is 217 Å². The third-order valence-electron chi connectivity index (χ3n) is 11.1. The Kier molecular flexibility index (Phi) is 7.63. The van der Waals surface area contributed by atoms with E-state index in [0.29, 0.717) is 0 Å². The van der Waals surface area contributed by atoms with Crippen LogP contribution < -0.4 is 0 Å². The Labute approximate surface area is 315 Å². The quantitative estimate of drug-likeness (QED) is 0.154. The molecule has 0 aliphatic heterocycles. The zero-order valence-corrected chi connectivity index (χ0v) is 30.4. The zero-order chi connectivity index (χ0) is 36.2. The molecule has 0 bridgehead atoms. The monoisotopic (exact) mass is 690 g/mol. The van der Waals surface area contributed by atoms with E-state index >= 15 is 0 Å². The average molecular weight is 691 g/mol. The lowest BCUT2D eigenvalue weighted by atomic mass is 9.97. The van der Waals surface area contributed by atoms with Crippen LogP contribution in [-0.2, 0) is 0 Å². The van der Waals surface area contributed by atoms with Crippen LogP contribution in [0.25, 0.3) is 89.4 Å². The fourth-order valence-corrected chi connectivity index (χ4v) is 8.27. The van der Waals surface area contributed by atoms with Crippen molar-refractivity contribution in [2.75, 3.05) is 0 Å². The maximum atomic E-state index is 2.37. The van der Waals surface area contributed by atoms with Crippen molar-refractivity contribution in [3.8, 4) is 33.6 Å². The molecule has 2 nitrogen and oxygen atoms in total. The van der Waals surface area contributed by atoms with Crippen LogP contribution in [0.4, 0.5) is 0 Å². The lowest BCUT2D eigenvalue weighted by Crippen LogP contribution is -1.93. The molecule has 54 heavy (non-hydrogen) atoms. The normalized spacial score (nSPS) is 11.8. The van der Waals surface area contributed by atoms with Crippen LogP contribution in [0.15, 0.2) is 182 Å². The van der Waals surface area contributed by atoms with E-state index in [1.807, 2.05) is 0 Å². The molecular formula is C52H38N2. The minimum atomic E-state index is 1.17. The summed E-state index contributed by atoms with van der Waals surface area (Å²) in [6.07, 6.45) is 4.49. The molecular weight excluding hydrogens is 653 g/mol. The highest BCUT2D eigenvalue weighted by atomic mass is 15.0. The fraction of sp³-hybridized carbons (Fsp3) is 0.0385. The molecule has 10 rings (SSSR count). The molecule has 8 aromatic carbocycles. The molecule has 0 aliphatic rings. The molecule has 0 radical (unpaired) electrons. The Morgan fingerprint density at radius 2 is 0.611 bits per heavy atom. The predicted molar refractivity (Wildman–Crippen MR) is 231 cm³/mol. The Balaban J connectivity index is 0.877. The average Bonchev–Trinajstić information content (AvgIpc) is 3.74. The number of aryl methyl sites for hydroxylation is 2. The Morgan fingerprint density at radius 1 is 0.315 bits per heavy atom. The predicted octanol–water partition coefficient (Wildman–Crippen LogP) is 14.0. The number of benzene rings is 8. The summed E-state index contributed by atoms with van der Waals surface area (Å²) < 4.78 is 4.73. The van der Waals surface area contributed by atoms with Gasteiger partial charge in [-0.2, -0.15) is 0 Å². The first-order valence-electron chi connectivity index (χ1n) is 18.7. The molecule has 0 N–H and O–H groups in total. The van der Waals surface area contributed by atoms with Crippen molar-refractivity contribution in [3.05, 3.63) is 204 Å². The first kappa shape index (κ1) is 31.8. The minimum Gasteiger partial charge on any atom is -0.309 e. The Morgan fingerprint density at radius 3 is 0.926 bits per heavy atom. The number of fused-ring (bicyclic) bond motifs is 6. The molecule has 0 fully saturated rings. The van der Waals surface area contributed by atoms with E-state index in [-0.39, 0.29) is 0 Å². The molecule has 256 valence electrons. The van der Waals surface area contributed by atoms with Crippen molar-refractivity contribution < 1.29 is 0 Å². The Hall–Kier alpha value is -6.90. The molecule has 0 amide bonds. The van der Waals surface area contributed by atoms with Gasteiger partial charge in [-0.05, 0) is 107 Å². The van der Waals surface area contributed by atoms with Crippen LogP contribution >= 0.6 is 0 Å². The van der Waals surface area contributed by atoms with Crippen molar-refractivity contribution in [1.29, 1.82) is 0 Å². The largest absolute Gasteiger partial charge is 0.309 e. The molecule has 2 aromatic heterocycles. The van der Waals surface area contributed by atoms with E-state index in [1.165, 1.54) is 99.5 Å². The van der Waals surface area contributed by atoms with Crippen molar-refractivity contribution in [2.24, 2.45) is 0 Å². The summed E-state index contributed by atoms with van der Waals surface area (Å²) in [5.41, 5.74) is 17.1. The van der Waals surface area contributed by atoms with Gasteiger partial charge in [-0.25, -0.2) is 0 Å². The SMILES string of the molecule is Cc1cc(-c2ccc(-n3c4ccccc4c4ccccc43)cc2)ccc1C=Cc1ccc(-c2ccc(-n3c4ccccc4c4ccccc43)cc2)cc1C. The van der Waals surface area contributed by atoms with Crippen molar-refractivity contribution in [2.45, 2.75) is 13.8 Å². The van der Waals surface area contributed by atoms with Gasteiger partial charge in [-0.1, -0.05) is 146 Å². The molecule has 2 heteroatoms. The fourth-order valence-electron chi connectivity index (χ4n) is 8.27. The maximum Gasteiger partial charge on any atom is 0.0541 e. The summed E-state index contributed by atoms with van der Waals surface area (Å²) in [7, 11) is 0. The number of hydrogen-bond acceptors (Lipinski definition) is 0. The van der Waals surface area contributed by atoms with Crippen molar-refractivity contribution >= 4 is 55.8 Å². The van der Waals surface area contributed by atoms with Crippen molar-refractivity contribution in [3.63, 3.8) is 0 Å². The summed E-state index contributed by atoms with van der Waals surface area (Å²) in [5, 5.41) is 5.13. The van der Waals surface area contributed by atoms with Crippen LogP contribution in [0.2, 0.25) is 0 Å². The van der Waals surface area contributed by atoms with Gasteiger partial charge in [-0.15, -0.1) is 0 Å². The van der Waals surface area contributed by atoms with Crippen LogP contribution in [0.5, 0.6) is 0 Å². The number of para-hydroxylation sites is 4. The molecule has 0 spiro atoms. The second kappa shape index (κ2) is 12.9. The van der Waals surface area contributed by atoms with Crippen LogP contribution in [-0.4, -0.2) is 9.13 Å². The van der Waals surface area contributed by atoms with Gasteiger partial charge in [-0.3, -0.25) is 0 Å². The molecule has 10 aromatic rings. The van der Waals surface area contributed by atoms with Gasteiger partial charge in [0, 0.05) is 32.9 Å². The minimum absolute atomic E-state index is 1.17. The van der Waals surface area contributed by atoms with Crippen molar-refractivity contribution in [1.82, 2.24) is 9.13 Å². The molecule has 2 heterocycles. The summed E-state index contributed by atoms with van der Waals surface area (Å²) in [6, 6.07) is 66.1. The molecule has 0 unspecified atom stereocenters. The summed E-state index contributed by atoms with van der Waals surface area (Å²) in [6.45, 7) is 4.41. The highest BCUT2D eigenvalue weighted by molar-refractivity contribution is 6.10. The first-order valence-corrected chi connectivity index (χ1v) is 18.7. The summed E-state index contributed by atoms with van der Waals surface area (Å²) in [5.74, 6) is 0. The van der Waals surface area contributed by atoms with E-state index in [0.717, 1.165) is 0 Å². The lowest BCUT2D eigenvalue weighted by molar-refractivity contribution is 1.18. The third kappa shape index (κ3) is 5.35. The van der Waals surface area contributed by atoms with E-state index in [4.69, 9.17) is 0 Å². The first-order chi connectivity index (χ1) is 26.6. The number of nitrogens with zero attached hydrogens (tertiary/aromatic N) is 2. The summed E-state index contributed by atoms with van der Waals surface area (Å²) in [4.78, 5) is 0. The van der Waals surface area contributed by atoms with Crippen LogP contribution in [0, 0.1) is 13.8 Å². The van der Waals surface area contributed by atoms with E-state index < -0.39 is 0 Å². The molecule has 0 atom stereocenters. The van der Waals surface area contributed by atoms with Gasteiger partial charge >= 0.3 is 0 Å². The number of rotatable bonds is 6. The maximum absolute atomic E-state index is 2.37. The smallest absolute Gasteiger partial charge is 0.0541 e. The second-order valence-electron chi connectivity index (χ2n) is 14.3. The third-order valence-corrected chi connectivity index (χ3v) is 11.1. The van der Waals surface area contributed by atoms with Gasteiger partial charge in [0.25, 0.3) is 0 Å². The zero-order valence-electron chi connectivity index (χ0n) is 30.4. The van der Waals surface area contributed by atoms with Gasteiger partial charge in [0.15, 0.2) is 0 Å². The highest BCUT2D eigenvalue weighted by Crippen LogP contribution is 2.35. The van der Waals surface area contributed by atoms with Gasteiger partial charge in [0.2, 0.25) is 0 Å². The second-order valence-corrected chi connectivity index (χ2v) is 14.3. The molecule has 0 aliphatic carbocycles. The number of hydrogen-bond donors (Lipinski definition) is 0. The number of aromatic nitrogens is 2. The standard InChI is InChI=1S/C52H38N2/c1-35-33-41(39-25-29-43(30-26-39)53-49-15-7-3-11-45(49)46-12-4-8-16-50(46)53)23-21-37(35)19-20-38-22-24-42(34-36(38)2)40-27-31-44(32-28-40)54-51-17-9-5-13-47(51)48-14-6-10-18-52(48)54/h3-34H,1-2H3. The van der Waals surface area contributed by atoms with Gasteiger partial charge in [0.05, 0.1) is 22.1 Å². The van der Waals surface area contributed by atoms with Gasteiger partial charge < -0.3 is 9.13 Å². The van der Waals surface area contributed by atoms with Gasteiger partial charge in [0.1, 0.15) is 0 Å². The molecule has 0 saturated heterocycles. The summed E-state index contributed by atoms with van der Waals surface area (Å²) >= 11 is 0. The lowest BCUT2D eigenvalue weighted by Gasteiger charge is -2.11. The van der Waals surface area contributed by atoms with E-state index in [9.17, 15) is 0 Å². The Bertz CT molecular complexity index is 2730. The van der Waals surface area contributed by atoms with Crippen LogP contribution in [0.3, 0.4) is 0 Å². The topological polar surface area (TPSA) is 9.86 Å². The van der Waals surface area contributed by atoms with E-state index in [1.54, 1.807) is 0 Å². The highest BCUT2D eigenvalue weighted by Gasteiger charge is 2.13. The van der Waals surface area contributed by atoms with Crippen LogP contribution in [0.1, 0.15) is 22.3 Å².